The Kier molecular flexibility index (Phi) is 4.55. The Morgan fingerprint density at radius 3 is 2.83 bits per heavy atom. The van der Waals surface area contributed by atoms with Gasteiger partial charge in [-0.15, -0.1) is 0 Å². The number of carbonyl (C=O) groups is 1. The molecule has 1 aliphatic heterocycles. The van der Waals surface area contributed by atoms with Gasteiger partial charge in [0.15, 0.2) is 5.82 Å². The van der Waals surface area contributed by atoms with Gasteiger partial charge in [0.2, 0.25) is 0 Å². The number of aromatic nitrogens is 2. The highest BCUT2D eigenvalue weighted by atomic mass is 16.5. The maximum atomic E-state index is 12.7. The van der Waals surface area contributed by atoms with Crippen LogP contribution in [0.4, 0.5) is 5.69 Å². The molecule has 0 amide bonds. The molecule has 1 aliphatic rings. The van der Waals surface area contributed by atoms with Crippen LogP contribution < -0.4 is 5.56 Å². The smallest absolute Gasteiger partial charge is 0.345 e. The maximum Gasteiger partial charge on any atom is 0.345 e. The fourth-order valence-electron chi connectivity index (χ4n) is 2.79. The van der Waals surface area contributed by atoms with Crippen molar-refractivity contribution in [2.75, 3.05) is 6.61 Å². The first kappa shape index (κ1) is 16.1. The van der Waals surface area contributed by atoms with Crippen molar-refractivity contribution in [3.63, 3.8) is 0 Å². The van der Waals surface area contributed by atoms with Gasteiger partial charge >= 0.3 is 5.97 Å². The summed E-state index contributed by atoms with van der Waals surface area (Å²) in [5.74, 6) is -0.111. The molecular formula is C18H19N3O3. The second-order valence-electron chi connectivity index (χ2n) is 5.67. The molecule has 2 heterocycles. The Morgan fingerprint density at radius 1 is 1.38 bits per heavy atom. The first-order valence-electron chi connectivity index (χ1n) is 8.03. The van der Waals surface area contributed by atoms with Crippen LogP contribution in [0.15, 0.2) is 46.3 Å². The van der Waals surface area contributed by atoms with Crippen LogP contribution in [0.25, 0.3) is 0 Å². The molecule has 24 heavy (non-hydrogen) atoms. The van der Waals surface area contributed by atoms with Crippen molar-refractivity contribution < 1.29 is 9.53 Å². The Hall–Kier alpha value is -2.76. The molecule has 2 aromatic rings. The molecule has 0 radical (unpaired) electrons. The average Bonchev–Trinajstić information content (AvgIpc) is 2.58. The van der Waals surface area contributed by atoms with Crippen molar-refractivity contribution in [1.82, 2.24) is 9.55 Å². The first-order chi connectivity index (χ1) is 11.6. The first-order valence-corrected chi connectivity index (χ1v) is 8.03. The summed E-state index contributed by atoms with van der Waals surface area (Å²) in [6, 6.07) is 9.52. The van der Waals surface area contributed by atoms with Gasteiger partial charge in [-0.05, 0) is 38.8 Å². The van der Waals surface area contributed by atoms with E-state index < -0.39 is 5.97 Å². The SMILES string of the molecule is CCOC(=O)c1cnc2n(c1=O)C(C)CCC2=Nc1ccccc1. The van der Waals surface area contributed by atoms with Gasteiger partial charge in [-0.25, -0.2) is 14.8 Å². The van der Waals surface area contributed by atoms with E-state index in [-0.39, 0.29) is 23.8 Å². The zero-order valence-corrected chi connectivity index (χ0v) is 13.7. The van der Waals surface area contributed by atoms with Gasteiger partial charge in [0.05, 0.1) is 18.0 Å². The molecule has 1 unspecified atom stereocenters. The van der Waals surface area contributed by atoms with E-state index in [0.29, 0.717) is 5.82 Å². The molecule has 1 aromatic heterocycles. The second kappa shape index (κ2) is 6.78. The monoisotopic (exact) mass is 325 g/mol. The standard InChI is InChI=1S/C18H19N3O3/c1-3-24-18(23)14-11-19-16-15(20-13-7-5-4-6-8-13)10-9-12(2)21(16)17(14)22/h4-8,11-12H,3,9-10H2,1-2H3. The number of esters is 1. The summed E-state index contributed by atoms with van der Waals surface area (Å²) in [5.41, 5.74) is 1.17. The lowest BCUT2D eigenvalue weighted by Crippen LogP contribution is -2.37. The topological polar surface area (TPSA) is 73.5 Å². The van der Waals surface area contributed by atoms with Crippen molar-refractivity contribution in [2.45, 2.75) is 32.7 Å². The molecule has 0 aliphatic carbocycles. The molecule has 1 aromatic carbocycles. The number of carbonyl (C=O) groups excluding carboxylic acids is 1. The van der Waals surface area contributed by atoms with Crippen LogP contribution in [0.1, 0.15) is 48.9 Å². The minimum Gasteiger partial charge on any atom is -0.462 e. The van der Waals surface area contributed by atoms with Crippen LogP contribution in [-0.2, 0) is 4.74 Å². The molecule has 0 saturated carbocycles. The molecule has 0 saturated heterocycles. The highest BCUT2D eigenvalue weighted by molar-refractivity contribution is 6.00. The second-order valence-corrected chi connectivity index (χ2v) is 5.67. The summed E-state index contributed by atoms with van der Waals surface area (Å²) in [6.45, 7) is 3.87. The van der Waals surface area contributed by atoms with E-state index in [0.717, 1.165) is 24.2 Å². The molecule has 6 heteroatoms. The number of ether oxygens (including phenoxy) is 1. The summed E-state index contributed by atoms with van der Waals surface area (Å²) in [6.07, 6.45) is 2.80. The predicted octanol–water partition coefficient (Wildman–Crippen LogP) is 2.90. The number of aliphatic imine (C=N–C) groups is 1. The Bertz CT molecular complexity index is 840. The van der Waals surface area contributed by atoms with Crippen molar-refractivity contribution in [1.29, 1.82) is 0 Å². The van der Waals surface area contributed by atoms with Crippen molar-refractivity contribution in [2.24, 2.45) is 4.99 Å². The summed E-state index contributed by atoms with van der Waals surface area (Å²) < 4.78 is 6.49. The summed E-state index contributed by atoms with van der Waals surface area (Å²) in [5, 5.41) is 0. The number of benzene rings is 1. The van der Waals surface area contributed by atoms with Gasteiger partial charge in [-0.1, -0.05) is 18.2 Å². The lowest BCUT2D eigenvalue weighted by atomic mass is 10.0. The lowest BCUT2D eigenvalue weighted by molar-refractivity contribution is 0.0522. The van der Waals surface area contributed by atoms with Crippen molar-refractivity contribution in [3.05, 3.63) is 58.3 Å². The highest BCUT2D eigenvalue weighted by Crippen LogP contribution is 2.24. The molecule has 1 atom stereocenters. The van der Waals surface area contributed by atoms with E-state index >= 15 is 0 Å². The largest absolute Gasteiger partial charge is 0.462 e. The van der Waals surface area contributed by atoms with E-state index in [1.165, 1.54) is 6.20 Å². The van der Waals surface area contributed by atoms with Crippen LogP contribution >= 0.6 is 0 Å². The summed E-state index contributed by atoms with van der Waals surface area (Å²) in [4.78, 5) is 33.6. The van der Waals surface area contributed by atoms with E-state index in [1.54, 1.807) is 11.5 Å². The van der Waals surface area contributed by atoms with Crippen LogP contribution in [0.2, 0.25) is 0 Å². The third-order valence-electron chi connectivity index (χ3n) is 4.01. The normalized spacial score (nSPS) is 18.2. The molecule has 0 spiro atoms. The van der Waals surface area contributed by atoms with Gasteiger partial charge in [-0.3, -0.25) is 9.36 Å². The minimum absolute atomic E-state index is 0.0339. The molecule has 0 bridgehead atoms. The molecule has 3 rings (SSSR count). The number of nitrogens with zero attached hydrogens (tertiary/aromatic N) is 3. The van der Waals surface area contributed by atoms with E-state index in [1.807, 2.05) is 37.3 Å². The quantitative estimate of drug-likeness (QED) is 0.813. The van der Waals surface area contributed by atoms with E-state index in [9.17, 15) is 9.59 Å². The van der Waals surface area contributed by atoms with Crippen molar-refractivity contribution >= 4 is 17.4 Å². The van der Waals surface area contributed by atoms with E-state index in [2.05, 4.69) is 9.98 Å². The van der Waals surface area contributed by atoms with Crippen LogP contribution in [0, 0.1) is 0 Å². The molecular weight excluding hydrogens is 306 g/mol. The third kappa shape index (κ3) is 2.99. The van der Waals surface area contributed by atoms with Gasteiger partial charge < -0.3 is 4.74 Å². The van der Waals surface area contributed by atoms with Gasteiger partial charge in [0.1, 0.15) is 5.56 Å². The van der Waals surface area contributed by atoms with Gasteiger partial charge in [0.25, 0.3) is 5.56 Å². The fraction of sp³-hybridized carbons (Fsp3) is 0.333. The third-order valence-corrected chi connectivity index (χ3v) is 4.01. The predicted molar refractivity (Wildman–Crippen MR) is 91.0 cm³/mol. The highest BCUT2D eigenvalue weighted by Gasteiger charge is 2.26. The van der Waals surface area contributed by atoms with Gasteiger partial charge in [-0.2, -0.15) is 0 Å². The number of hydrogen-bond donors (Lipinski definition) is 0. The lowest BCUT2D eigenvalue weighted by Gasteiger charge is -2.25. The number of para-hydroxylation sites is 1. The number of fused-ring (bicyclic) bond motifs is 1. The minimum atomic E-state index is -0.635. The zero-order valence-electron chi connectivity index (χ0n) is 13.7. The molecule has 6 nitrogen and oxygen atoms in total. The maximum absolute atomic E-state index is 12.7. The zero-order chi connectivity index (χ0) is 17.1. The van der Waals surface area contributed by atoms with Crippen LogP contribution in [0.3, 0.4) is 0 Å². The average molecular weight is 325 g/mol. The number of hydrogen-bond acceptors (Lipinski definition) is 5. The fourth-order valence-corrected chi connectivity index (χ4v) is 2.79. The molecule has 124 valence electrons. The number of rotatable bonds is 3. The Labute approximate surface area is 139 Å². The van der Waals surface area contributed by atoms with Gasteiger partial charge in [0, 0.05) is 12.2 Å². The molecule has 0 N–H and O–H groups in total. The molecule has 0 fully saturated rings. The van der Waals surface area contributed by atoms with Crippen LogP contribution in [-0.4, -0.2) is 27.8 Å². The Morgan fingerprint density at radius 2 is 2.12 bits per heavy atom. The van der Waals surface area contributed by atoms with Crippen LogP contribution in [0.5, 0.6) is 0 Å². The Balaban J connectivity index is 2.09. The summed E-state index contributed by atoms with van der Waals surface area (Å²) in [7, 11) is 0. The van der Waals surface area contributed by atoms with E-state index in [4.69, 9.17) is 4.74 Å². The van der Waals surface area contributed by atoms with Crippen molar-refractivity contribution in [3.8, 4) is 0 Å². The summed E-state index contributed by atoms with van der Waals surface area (Å²) >= 11 is 0.